The smallest absolute Gasteiger partial charge is 0.264 e. The second-order valence-corrected chi connectivity index (χ2v) is 11.0. The molecule has 0 spiro atoms. The van der Waals surface area contributed by atoms with Crippen molar-refractivity contribution in [2.24, 2.45) is 0 Å². The van der Waals surface area contributed by atoms with Crippen LogP contribution in [0.3, 0.4) is 0 Å². The maximum absolute atomic E-state index is 12.3. The molecule has 0 fully saturated rings. The zero-order chi connectivity index (χ0) is 20.2. The summed E-state index contributed by atoms with van der Waals surface area (Å²) < 4.78 is 22.9. The van der Waals surface area contributed by atoms with Crippen molar-refractivity contribution in [3.05, 3.63) is 45.7 Å². The SMILES string of the molecule is CC(CCNC(=O)c1ccc(-c2ccc(Br)s2)cc1)(C(=O)NO)S(C)(=O)=O. The van der Waals surface area contributed by atoms with Gasteiger partial charge in [0.2, 0.25) is 0 Å². The lowest BCUT2D eigenvalue weighted by molar-refractivity contribution is -0.131. The summed E-state index contributed by atoms with van der Waals surface area (Å²) in [4.78, 5) is 25.1. The number of nitrogens with one attached hydrogen (secondary N) is 2. The molecule has 1 unspecified atom stereocenters. The second-order valence-electron chi connectivity index (χ2n) is 6.13. The Hall–Kier alpha value is -1.75. The molecule has 1 aromatic heterocycles. The summed E-state index contributed by atoms with van der Waals surface area (Å²) in [5.41, 5.74) is 2.77. The van der Waals surface area contributed by atoms with Crippen LogP contribution in [-0.2, 0) is 14.6 Å². The maximum Gasteiger partial charge on any atom is 0.264 e. The van der Waals surface area contributed by atoms with Crippen molar-refractivity contribution >= 4 is 48.9 Å². The zero-order valence-electron chi connectivity index (χ0n) is 14.7. The number of halogens is 1. The van der Waals surface area contributed by atoms with Crippen molar-refractivity contribution in [3.8, 4) is 10.4 Å². The molecule has 0 aliphatic heterocycles. The summed E-state index contributed by atoms with van der Waals surface area (Å²) in [5, 5.41) is 11.4. The number of rotatable bonds is 7. The van der Waals surface area contributed by atoms with Gasteiger partial charge >= 0.3 is 0 Å². The molecule has 0 radical (unpaired) electrons. The molecular formula is C17H19BrN2O5S2. The van der Waals surface area contributed by atoms with Crippen LogP contribution in [-0.4, -0.2) is 43.0 Å². The molecule has 2 aromatic rings. The predicted octanol–water partition coefficient (Wildman–Crippen LogP) is 2.61. The van der Waals surface area contributed by atoms with Crippen LogP contribution in [0.1, 0.15) is 23.7 Å². The van der Waals surface area contributed by atoms with E-state index in [1.807, 2.05) is 24.3 Å². The van der Waals surface area contributed by atoms with Crippen LogP contribution >= 0.6 is 27.3 Å². The lowest BCUT2D eigenvalue weighted by atomic mass is 10.1. The van der Waals surface area contributed by atoms with Crippen LogP contribution < -0.4 is 10.8 Å². The van der Waals surface area contributed by atoms with Crippen molar-refractivity contribution in [2.75, 3.05) is 12.8 Å². The first kappa shape index (κ1) is 21.5. The van der Waals surface area contributed by atoms with E-state index >= 15 is 0 Å². The van der Waals surface area contributed by atoms with Crippen LogP contribution in [0, 0.1) is 0 Å². The third-order valence-electron chi connectivity index (χ3n) is 4.29. The minimum absolute atomic E-state index is 0.0462. The Bertz CT molecular complexity index is 940. The summed E-state index contributed by atoms with van der Waals surface area (Å²) >= 11 is 4.99. The molecule has 3 N–H and O–H groups in total. The number of hydrogen-bond acceptors (Lipinski definition) is 6. The van der Waals surface area contributed by atoms with E-state index in [4.69, 9.17) is 5.21 Å². The van der Waals surface area contributed by atoms with Gasteiger partial charge in [-0.3, -0.25) is 14.8 Å². The van der Waals surface area contributed by atoms with Gasteiger partial charge in [0, 0.05) is 23.2 Å². The number of carbonyl (C=O) groups excluding carboxylic acids is 2. The van der Waals surface area contributed by atoms with Gasteiger partial charge < -0.3 is 5.32 Å². The third kappa shape index (κ3) is 4.95. The fourth-order valence-corrected chi connectivity index (χ4v) is 4.60. The normalized spacial score (nSPS) is 13.6. The second kappa shape index (κ2) is 8.51. The van der Waals surface area contributed by atoms with Gasteiger partial charge in [-0.05, 0) is 59.1 Å². The lowest BCUT2D eigenvalue weighted by Gasteiger charge is -2.25. The molecule has 10 heteroatoms. The topological polar surface area (TPSA) is 113 Å². The fourth-order valence-electron chi connectivity index (χ4n) is 2.36. The summed E-state index contributed by atoms with van der Waals surface area (Å²) in [6, 6.07) is 10.9. The van der Waals surface area contributed by atoms with E-state index in [0.717, 1.165) is 20.5 Å². The highest BCUT2D eigenvalue weighted by molar-refractivity contribution is 9.11. The Labute approximate surface area is 169 Å². The van der Waals surface area contributed by atoms with Gasteiger partial charge in [0.15, 0.2) is 14.6 Å². The Balaban J connectivity index is 2.02. The van der Waals surface area contributed by atoms with Crippen LogP contribution in [0.25, 0.3) is 10.4 Å². The molecule has 2 amide bonds. The van der Waals surface area contributed by atoms with Crippen LogP contribution in [0.5, 0.6) is 0 Å². The number of amides is 2. The van der Waals surface area contributed by atoms with E-state index in [1.165, 1.54) is 12.4 Å². The summed E-state index contributed by atoms with van der Waals surface area (Å²) in [6.07, 6.45) is 0.733. The van der Waals surface area contributed by atoms with Crippen LogP contribution in [0.15, 0.2) is 40.2 Å². The number of carbonyl (C=O) groups is 2. The predicted molar refractivity (Wildman–Crippen MR) is 108 cm³/mol. The average molecular weight is 475 g/mol. The molecule has 2 rings (SSSR count). The summed E-state index contributed by atoms with van der Waals surface area (Å²) in [6.45, 7) is 1.16. The molecule has 27 heavy (non-hydrogen) atoms. The molecule has 146 valence electrons. The maximum atomic E-state index is 12.3. The number of benzene rings is 1. The van der Waals surface area contributed by atoms with E-state index in [1.54, 1.807) is 23.5 Å². The van der Waals surface area contributed by atoms with Gasteiger partial charge in [-0.15, -0.1) is 11.3 Å². The highest BCUT2D eigenvalue weighted by atomic mass is 79.9. The molecule has 0 saturated carbocycles. The Morgan fingerprint density at radius 2 is 1.81 bits per heavy atom. The van der Waals surface area contributed by atoms with Crippen molar-refractivity contribution in [1.82, 2.24) is 10.8 Å². The van der Waals surface area contributed by atoms with Gasteiger partial charge in [-0.2, -0.15) is 0 Å². The molecule has 7 nitrogen and oxygen atoms in total. The minimum atomic E-state index is -3.80. The van der Waals surface area contributed by atoms with Crippen molar-refractivity contribution < 1.29 is 23.2 Å². The quantitative estimate of drug-likeness (QED) is 0.421. The Morgan fingerprint density at radius 3 is 2.30 bits per heavy atom. The molecule has 0 bridgehead atoms. The number of thiophene rings is 1. The molecular weight excluding hydrogens is 456 g/mol. The Morgan fingerprint density at radius 1 is 1.19 bits per heavy atom. The van der Waals surface area contributed by atoms with Crippen molar-refractivity contribution in [3.63, 3.8) is 0 Å². The first-order valence-electron chi connectivity index (χ1n) is 7.86. The van der Waals surface area contributed by atoms with E-state index < -0.39 is 20.5 Å². The number of hydrogen-bond donors (Lipinski definition) is 3. The van der Waals surface area contributed by atoms with Crippen LogP contribution in [0.4, 0.5) is 0 Å². The van der Waals surface area contributed by atoms with E-state index in [-0.39, 0.29) is 18.9 Å². The standard InChI is InChI=1S/C17H19BrN2O5S2/c1-17(16(22)20-23,27(2,24)25)9-10-19-15(21)12-5-3-11(4-6-12)13-7-8-14(18)26-13/h3-8,23H,9-10H2,1-2H3,(H,19,21)(H,20,22). The fraction of sp³-hybridized carbons (Fsp3) is 0.294. The van der Waals surface area contributed by atoms with Gasteiger partial charge in [0.1, 0.15) is 0 Å². The monoisotopic (exact) mass is 474 g/mol. The van der Waals surface area contributed by atoms with E-state index in [0.29, 0.717) is 5.56 Å². The number of hydroxylamine groups is 1. The Kier molecular flexibility index (Phi) is 6.79. The molecule has 0 aliphatic carbocycles. The molecule has 1 aromatic carbocycles. The molecule has 1 atom stereocenters. The molecule has 0 saturated heterocycles. The largest absolute Gasteiger partial charge is 0.352 e. The van der Waals surface area contributed by atoms with Gasteiger partial charge in [-0.1, -0.05) is 12.1 Å². The minimum Gasteiger partial charge on any atom is -0.352 e. The summed E-state index contributed by atoms with van der Waals surface area (Å²) in [7, 11) is -3.80. The first-order valence-corrected chi connectivity index (χ1v) is 11.4. The van der Waals surface area contributed by atoms with E-state index in [9.17, 15) is 18.0 Å². The average Bonchev–Trinajstić information content (AvgIpc) is 3.06. The van der Waals surface area contributed by atoms with Crippen molar-refractivity contribution in [1.29, 1.82) is 0 Å². The molecule has 1 heterocycles. The number of sulfone groups is 1. The van der Waals surface area contributed by atoms with E-state index in [2.05, 4.69) is 21.2 Å². The van der Waals surface area contributed by atoms with Gasteiger partial charge in [0.05, 0.1) is 3.79 Å². The first-order chi connectivity index (χ1) is 12.6. The zero-order valence-corrected chi connectivity index (χ0v) is 17.9. The highest BCUT2D eigenvalue weighted by Gasteiger charge is 2.43. The molecule has 0 aliphatic rings. The van der Waals surface area contributed by atoms with Crippen LogP contribution in [0.2, 0.25) is 0 Å². The van der Waals surface area contributed by atoms with Gasteiger partial charge in [0.25, 0.3) is 11.8 Å². The highest BCUT2D eigenvalue weighted by Crippen LogP contribution is 2.31. The third-order valence-corrected chi connectivity index (χ3v) is 7.99. The lowest BCUT2D eigenvalue weighted by Crippen LogP contribution is -2.50. The van der Waals surface area contributed by atoms with Gasteiger partial charge in [-0.25, -0.2) is 13.9 Å². The van der Waals surface area contributed by atoms with Crippen molar-refractivity contribution in [2.45, 2.75) is 18.1 Å². The summed E-state index contributed by atoms with van der Waals surface area (Å²) in [5.74, 6) is -1.42.